The summed E-state index contributed by atoms with van der Waals surface area (Å²) in [4.78, 5) is 36.3. The Morgan fingerprint density at radius 2 is 1.89 bits per heavy atom. The van der Waals surface area contributed by atoms with Gasteiger partial charge in [0, 0.05) is 19.4 Å². The summed E-state index contributed by atoms with van der Waals surface area (Å²) in [6.45, 7) is 2.31. The lowest BCUT2D eigenvalue weighted by atomic mass is 9.49. The summed E-state index contributed by atoms with van der Waals surface area (Å²) in [5.74, 6) is -0.547. The van der Waals surface area contributed by atoms with E-state index in [0.717, 1.165) is 17.7 Å². The van der Waals surface area contributed by atoms with Gasteiger partial charge in [-0.2, -0.15) is 0 Å². The number of para-hydroxylation sites is 1. The zero-order chi connectivity index (χ0) is 24.8. The average molecular weight is 480 g/mol. The van der Waals surface area contributed by atoms with Crippen LogP contribution in [0.3, 0.4) is 0 Å². The van der Waals surface area contributed by atoms with Crippen LogP contribution in [0.25, 0.3) is 0 Å². The number of carboxylic acid groups (broad SMARTS) is 1. The van der Waals surface area contributed by atoms with Gasteiger partial charge in [-0.25, -0.2) is 9.89 Å². The molecule has 1 aliphatic carbocycles. The van der Waals surface area contributed by atoms with Gasteiger partial charge in [0.25, 0.3) is 0 Å². The molecule has 2 aromatic carbocycles. The lowest BCUT2D eigenvalue weighted by molar-refractivity contribution is -0.158. The smallest absolute Gasteiger partial charge is 0.434 e. The van der Waals surface area contributed by atoms with Crippen LogP contribution >= 0.6 is 0 Å². The predicted molar refractivity (Wildman–Crippen MR) is 127 cm³/mol. The van der Waals surface area contributed by atoms with Crippen molar-refractivity contribution in [3.63, 3.8) is 0 Å². The van der Waals surface area contributed by atoms with Crippen LogP contribution in [-0.4, -0.2) is 27.2 Å². The van der Waals surface area contributed by atoms with Crippen molar-refractivity contribution in [3.05, 3.63) is 76.6 Å². The number of aromatic nitrogens is 2. The molecule has 0 radical (unpaired) electrons. The maximum Gasteiger partial charge on any atom is 0.434 e. The molecule has 1 saturated carbocycles. The highest BCUT2D eigenvalue weighted by Crippen LogP contribution is 2.57. The molecule has 1 aliphatic rings. The molecule has 3 atom stereocenters. The van der Waals surface area contributed by atoms with E-state index >= 15 is 0 Å². The van der Waals surface area contributed by atoms with Crippen LogP contribution in [0.2, 0.25) is 0 Å². The second kappa shape index (κ2) is 10.6. The number of nitrogens with one attached hydrogen (secondary N) is 2. The minimum atomic E-state index is -0.953. The Hall–Kier alpha value is -3.88. The molecule has 1 aromatic heterocycles. The molecular weight excluding hydrogens is 450 g/mol. The number of amides is 1. The largest absolute Gasteiger partial charge is 0.481 e. The van der Waals surface area contributed by atoms with Gasteiger partial charge in [0.05, 0.1) is 5.41 Å². The standard InChI is InChI=1S/C26H29N3O6/c1-2-12-26(15-18(21(26)14-23(30)31)13-22-28-29-25(33)35-22)24(32)27-16-17-8-10-20(11-9-17)34-19-6-4-3-5-7-19/h3-11,18,21H,2,12-16H2,1H3,(H,27,32)(H,29,33)(H,30,31). The molecule has 184 valence electrons. The van der Waals surface area contributed by atoms with Crippen molar-refractivity contribution in [2.45, 2.75) is 45.6 Å². The van der Waals surface area contributed by atoms with E-state index in [9.17, 15) is 19.5 Å². The topological polar surface area (TPSA) is 135 Å². The lowest BCUT2D eigenvalue weighted by Crippen LogP contribution is -2.58. The summed E-state index contributed by atoms with van der Waals surface area (Å²) in [6.07, 6.45) is 2.04. The third kappa shape index (κ3) is 5.62. The summed E-state index contributed by atoms with van der Waals surface area (Å²) in [5, 5.41) is 18.6. The second-order valence-corrected chi connectivity index (χ2v) is 9.03. The first-order valence-corrected chi connectivity index (χ1v) is 11.8. The van der Waals surface area contributed by atoms with Crippen LogP contribution in [-0.2, 0) is 22.6 Å². The summed E-state index contributed by atoms with van der Waals surface area (Å²) in [7, 11) is 0. The Kier molecular flexibility index (Phi) is 7.33. The fourth-order valence-electron chi connectivity index (χ4n) is 5.16. The van der Waals surface area contributed by atoms with E-state index in [2.05, 4.69) is 15.5 Å². The molecule has 3 N–H and O–H groups in total. The highest BCUT2D eigenvalue weighted by atomic mass is 16.5. The van der Waals surface area contributed by atoms with E-state index in [1.54, 1.807) is 0 Å². The van der Waals surface area contributed by atoms with Gasteiger partial charge in [0.15, 0.2) is 0 Å². The molecule has 4 rings (SSSR count). The molecule has 1 amide bonds. The van der Waals surface area contributed by atoms with Crippen molar-refractivity contribution in [2.75, 3.05) is 0 Å². The van der Waals surface area contributed by atoms with Crippen LogP contribution < -0.4 is 15.8 Å². The van der Waals surface area contributed by atoms with Crippen LogP contribution in [0.4, 0.5) is 0 Å². The summed E-state index contributed by atoms with van der Waals surface area (Å²) < 4.78 is 10.8. The van der Waals surface area contributed by atoms with E-state index in [0.29, 0.717) is 31.6 Å². The van der Waals surface area contributed by atoms with Gasteiger partial charge in [-0.05, 0) is 54.5 Å². The molecular formula is C26H29N3O6. The molecule has 9 heteroatoms. The van der Waals surface area contributed by atoms with Gasteiger partial charge in [-0.15, -0.1) is 5.10 Å². The quantitative estimate of drug-likeness (QED) is 0.379. The van der Waals surface area contributed by atoms with Crippen molar-refractivity contribution >= 4 is 11.9 Å². The van der Waals surface area contributed by atoms with Crippen LogP contribution in [0, 0.1) is 17.3 Å². The Bertz CT molecular complexity index is 1200. The van der Waals surface area contributed by atoms with Crippen molar-refractivity contribution in [1.82, 2.24) is 15.5 Å². The summed E-state index contributed by atoms with van der Waals surface area (Å²) in [6, 6.07) is 17.0. The molecule has 0 bridgehead atoms. The van der Waals surface area contributed by atoms with E-state index in [-0.39, 0.29) is 30.1 Å². The SMILES string of the molecule is CCCC1(C(=O)NCc2ccc(Oc3ccccc3)cc2)CC(Cc2n[nH]c(=O)o2)C1CC(=O)O. The van der Waals surface area contributed by atoms with Crippen molar-refractivity contribution < 1.29 is 23.8 Å². The van der Waals surface area contributed by atoms with E-state index < -0.39 is 17.1 Å². The highest BCUT2D eigenvalue weighted by Gasteiger charge is 2.58. The van der Waals surface area contributed by atoms with Gasteiger partial charge >= 0.3 is 11.7 Å². The molecule has 0 aliphatic heterocycles. The van der Waals surface area contributed by atoms with Crippen molar-refractivity contribution in [1.29, 1.82) is 0 Å². The molecule has 3 unspecified atom stereocenters. The zero-order valence-corrected chi connectivity index (χ0v) is 19.5. The number of aromatic amines is 1. The molecule has 9 nitrogen and oxygen atoms in total. The van der Waals surface area contributed by atoms with Gasteiger partial charge in [-0.1, -0.05) is 43.7 Å². The zero-order valence-electron chi connectivity index (χ0n) is 19.5. The lowest BCUT2D eigenvalue weighted by Gasteiger charge is -2.53. The average Bonchev–Trinajstić information content (AvgIpc) is 3.26. The number of hydrogen-bond acceptors (Lipinski definition) is 6. The van der Waals surface area contributed by atoms with Crippen LogP contribution in [0.15, 0.2) is 63.8 Å². The maximum atomic E-state index is 13.4. The van der Waals surface area contributed by atoms with E-state index in [4.69, 9.17) is 9.15 Å². The third-order valence-electron chi connectivity index (χ3n) is 6.72. The van der Waals surface area contributed by atoms with Gasteiger partial charge < -0.3 is 19.6 Å². The van der Waals surface area contributed by atoms with Crippen LogP contribution in [0.5, 0.6) is 11.5 Å². The Balaban J connectivity index is 1.41. The van der Waals surface area contributed by atoms with Gasteiger partial charge in [0.2, 0.25) is 11.8 Å². The number of H-pyrrole nitrogens is 1. The number of ether oxygens (including phenoxy) is 1. The second-order valence-electron chi connectivity index (χ2n) is 9.03. The Labute approximate surface area is 202 Å². The number of carbonyl (C=O) groups excluding carboxylic acids is 1. The fraction of sp³-hybridized carbons (Fsp3) is 0.385. The van der Waals surface area contributed by atoms with Crippen molar-refractivity contribution in [3.8, 4) is 11.5 Å². The highest BCUT2D eigenvalue weighted by molar-refractivity contribution is 5.85. The molecule has 3 aromatic rings. The van der Waals surface area contributed by atoms with E-state index in [1.807, 2.05) is 61.5 Å². The number of hydrogen-bond donors (Lipinski definition) is 3. The summed E-state index contributed by atoms with van der Waals surface area (Å²) >= 11 is 0. The molecule has 1 heterocycles. The Morgan fingerprint density at radius 3 is 2.51 bits per heavy atom. The van der Waals surface area contributed by atoms with Gasteiger partial charge in [-0.3, -0.25) is 9.59 Å². The normalized spacial score (nSPS) is 21.2. The van der Waals surface area contributed by atoms with Crippen molar-refractivity contribution in [2.24, 2.45) is 17.3 Å². The first-order valence-electron chi connectivity index (χ1n) is 11.8. The fourth-order valence-corrected chi connectivity index (χ4v) is 5.16. The minimum Gasteiger partial charge on any atom is -0.481 e. The molecule has 0 spiro atoms. The monoisotopic (exact) mass is 479 g/mol. The minimum absolute atomic E-state index is 0.107. The number of benzene rings is 2. The molecule has 0 saturated heterocycles. The maximum absolute atomic E-state index is 13.4. The number of aliphatic carboxylic acids is 1. The predicted octanol–water partition coefficient (Wildman–Crippen LogP) is 3.91. The number of rotatable bonds is 11. The first kappa shape index (κ1) is 24.3. The number of carbonyl (C=O) groups is 2. The van der Waals surface area contributed by atoms with Gasteiger partial charge in [0.1, 0.15) is 11.5 Å². The number of nitrogens with zero attached hydrogens (tertiary/aromatic N) is 1. The molecule has 35 heavy (non-hydrogen) atoms. The Morgan fingerprint density at radius 1 is 1.17 bits per heavy atom. The van der Waals surface area contributed by atoms with E-state index in [1.165, 1.54) is 0 Å². The van der Waals surface area contributed by atoms with Crippen LogP contribution in [0.1, 0.15) is 44.1 Å². The number of carboxylic acids is 1. The molecule has 1 fully saturated rings. The first-order chi connectivity index (χ1) is 16.9. The third-order valence-corrected chi connectivity index (χ3v) is 6.72. The summed E-state index contributed by atoms with van der Waals surface area (Å²) in [5.41, 5.74) is 0.138.